The molecule has 0 spiro atoms. The van der Waals surface area contributed by atoms with Crippen LogP contribution in [0.4, 0.5) is 10.1 Å². The molecule has 1 rings (SSSR count). The maximum absolute atomic E-state index is 13.0. The van der Waals surface area contributed by atoms with Gasteiger partial charge in [-0.3, -0.25) is 0 Å². The van der Waals surface area contributed by atoms with Gasteiger partial charge >= 0.3 is 0 Å². The van der Waals surface area contributed by atoms with E-state index in [-0.39, 0.29) is 10.6 Å². The molecule has 1 aromatic carbocycles. The highest BCUT2D eigenvalue weighted by molar-refractivity contribution is 7.89. The van der Waals surface area contributed by atoms with Crippen molar-refractivity contribution in [3.8, 4) is 0 Å². The van der Waals surface area contributed by atoms with Gasteiger partial charge in [-0.25, -0.2) is 17.5 Å². The predicted octanol–water partition coefficient (Wildman–Crippen LogP) is 2.12. The molecule has 0 radical (unpaired) electrons. The lowest BCUT2D eigenvalue weighted by molar-refractivity contribution is 0.539. The second kappa shape index (κ2) is 6.15. The number of benzene rings is 1. The average molecular weight is 274 g/mol. The summed E-state index contributed by atoms with van der Waals surface area (Å²) in [5.74, 6) is -0.0968. The third-order valence-electron chi connectivity index (χ3n) is 2.52. The van der Waals surface area contributed by atoms with Gasteiger partial charge in [0.2, 0.25) is 10.0 Å². The standard InChI is InChI=1S/C12H19FN2O2S/c1-9(2)4-3-7-15-18(16,17)12-8-10(13)5-6-11(12)14/h5-6,8-9,15H,3-4,7,14H2,1-2H3. The minimum absolute atomic E-state index is 0.0489. The summed E-state index contributed by atoms with van der Waals surface area (Å²) in [4.78, 5) is -0.202. The van der Waals surface area contributed by atoms with E-state index in [2.05, 4.69) is 18.6 Å². The van der Waals surface area contributed by atoms with Crippen LogP contribution in [0.2, 0.25) is 0 Å². The molecule has 0 amide bonds. The van der Waals surface area contributed by atoms with Crippen LogP contribution < -0.4 is 10.5 Å². The topological polar surface area (TPSA) is 72.2 Å². The van der Waals surface area contributed by atoms with Crippen LogP contribution in [0.15, 0.2) is 23.1 Å². The van der Waals surface area contributed by atoms with Crippen LogP contribution in [-0.4, -0.2) is 15.0 Å². The molecule has 4 nitrogen and oxygen atoms in total. The first-order valence-electron chi connectivity index (χ1n) is 5.87. The van der Waals surface area contributed by atoms with Gasteiger partial charge in [0.25, 0.3) is 0 Å². The fourth-order valence-corrected chi connectivity index (χ4v) is 2.75. The number of nitrogen functional groups attached to an aromatic ring is 1. The molecule has 1 aromatic rings. The third-order valence-corrected chi connectivity index (χ3v) is 4.03. The Kier molecular flexibility index (Phi) is 5.10. The van der Waals surface area contributed by atoms with E-state index in [0.29, 0.717) is 12.5 Å². The lowest BCUT2D eigenvalue weighted by Crippen LogP contribution is -2.26. The smallest absolute Gasteiger partial charge is 0.242 e. The maximum Gasteiger partial charge on any atom is 0.242 e. The number of nitrogens with one attached hydrogen (secondary N) is 1. The van der Waals surface area contributed by atoms with E-state index >= 15 is 0 Å². The van der Waals surface area contributed by atoms with E-state index in [1.54, 1.807) is 0 Å². The van der Waals surface area contributed by atoms with E-state index in [1.165, 1.54) is 6.07 Å². The summed E-state index contributed by atoms with van der Waals surface area (Å²) in [6, 6.07) is 3.31. The summed E-state index contributed by atoms with van der Waals surface area (Å²) in [5.41, 5.74) is 5.59. The number of halogens is 1. The molecule has 0 aliphatic carbocycles. The first-order valence-corrected chi connectivity index (χ1v) is 7.36. The fraction of sp³-hybridized carbons (Fsp3) is 0.500. The van der Waals surface area contributed by atoms with Crippen LogP contribution in [0.25, 0.3) is 0 Å². The number of sulfonamides is 1. The van der Waals surface area contributed by atoms with Crippen molar-refractivity contribution >= 4 is 15.7 Å². The van der Waals surface area contributed by atoms with E-state index in [1.807, 2.05) is 0 Å². The van der Waals surface area contributed by atoms with Crippen LogP contribution >= 0.6 is 0 Å². The normalized spacial score (nSPS) is 12.0. The molecule has 18 heavy (non-hydrogen) atoms. The molecule has 0 bridgehead atoms. The number of hydrogen-bond donors (Lipinski definition) is 2. The van der Waals surface area contributed by atoms with Gasteiger partial charge in [0, 0.05) is 6.54 Å². The van der Waals surface area contributed by atoms with Gasteiger partial charge in [-0.05, 0) is 37.0 Å². The Balaban J connectivity index is 2.71. The number of hydrogen-bond acceptors (Lipinski definition) is 3. The second-order valence-corrected chi connectivity index (χ2v) is 6.35. The maximum atomic E-state index is 13.0. The first kappa shape index (κ1) is 14.9. The molecule has 0 aliphatic rings. The van der Waals surface area contributed by atoms with Crippen molar-refractivity contribution in [2.45, 2.75) is 31.6 Å². The number of rotatable bonds is 6. The monoisotopic (exact) mass is 274 g/mol. The van der Waals surface area contributed by atoms with Crippen molar-refractivity contribution in [1.82, 2.24) is 4.72 Å². The predicted molar refractivity (Wildman–Crippen MR) is 70.1 cm³/mol. The summed E-state index contributed by atoms with van der Waals surface area (Å²) < 4.78 is 39.2. The molecule has 0 saturated heterocycles. The largest absolute Gasteiger partial charge is 0.398 e. The zero-order valence-corrected chi connectivity index (χ0v) is 11.4. The van der Waals surface area contributed by atoms with Gasteiger partial charge in [0.15, 0.2) is 0 Å². The van der Waals surface area contributed by atoms with Crippen molar-refractivity contribution < 1.29 is 12.8 Å². The second-order valence-electron chi connectivity index (χ2n) is 4.62. The average Bonchev–Trinajstić information content (AvgIpc) is 2.27. The summed E-state index contributed by atoms with van der Waals surface area (Å²) in [7, 11) is -3.73. The van der Waals surface area contributed by atoms with E-state index < -0.39 is 15.8 Å². The van der Waals surface area contributed by atoms with Crippen molar-refractivity contribution in [2.75, 3.05) is 12.3 Å². The summed E-state index contributed by atoms with van der Waals surface area (Å²) in [6.45, 7) is 4.47. The molecule has 102 valence electrons. The third kappa shape index (κ3) is 4.27. The van der Waals surface area contributed by atoms with Crippen LogP contribution in [0, 0.1) is 11.7 Å². The number of anilines is 1. The lowest BCUT2D eigenvalue weighted by Gasteiger charge is -2.09. The molecule has 0 fully saturated rings. The van der Waals surface area contributed by atoms with E-state index in [9.17, 15) is 12.8 Å². The zero-order valence-electron chi connectivity index (χ0n) is 10.6. The van der Waals surface area contributed by atoms with Crippen molar-refractivity contribution in [1.29, 1.82) is 0 Å². The number of nitrogens with two attached hydrogens (primary N) is 1. The van der Waals surface area contributed by atoms with Gasteiger partial charge < -0.3 is 5.73 Å². The molecule has 0 heterocycles. The fourth-order valence-electron chi connectivity index (χ4n) is 1.54. The molecular weight excluding hydrogens is 255 g/mol. The Morgan fingerprint density at radius 1 is 1.39 bits per heavy atom. The van der Waals surface area contributed by atoms with Gasteiger partial charge in [-0.2, -0.15) is 0 Å². The molecule has 6 heteroatoms. The zero-order chi connectivity index (χ0) is 13.8. The Labute approximate surface area is 107 Å². The van der Waals surface area contributed by atoms with E-state index in [0.717, 1.165) is 25.0 Å². The molecule has 3 N–H and O–H groups in total. The quantitative estimate of drug-likeness (QED) is 0.616. The molecule has 0 saturated carbocycles. The summed E-state index contributed by atoms with van der Waals surface area (Å²) in [5, 5.41) is 0. The summed E-state index contributed by atoms with van der Waals surface area (Å²) >= 11 is 0. The molecular formula is C12H19FN2O2S. The lowest BCUT2D eigenvalue weighted by atomic mass is 10.1. The molecule has 0 aromatic heterocycles. The van der Waals surface area contributed by atoms with Crippen molar-refractivity contribution in [3.05, 3.63) is 24.0 Å². The highest BCUT2D eigenvalue weighted by Crippen LogP contribution is 2.19. The van der Waals surface area contributed by atoms with Gasteiger partial charge in [0.1, 0.15) is 10.7 Å². The highest BCUT2D eigenvalue weighted by Gasteiger charge is 2.17. The van der Waals surface area contributed by atoms with Crippen LogP contribution in [0.1, 0.15) is 26.7 Å². The van der Waals surface area contributed by atoms with Crippen molar-refractivity contribution in [3.63, 3.8) is 0 Å². The minimum Gasteiger partial charge on any atom is -0.398 e. The van der Waals surface area contributed by atoms with Crippen LogP contribution in [0.3, 0.4) is 0 Å². The Morgan fingerprint density at radius 2 is 2.06 bits per heavy atom. The van der Waals surface area contributed by atoms with Gasteiger partial charge in [0.05, 0.1) is 5.69 Å². The van der Waals surface area contributed by atoms with Crippen LogP contribution in [-0.2, 0) is 10.0 Å². The Hall–Kier alpha value is -1.14. The summed E-state index contributed by atoms with van der Waals surface area (Å²) in [6.07, 6.45) is 1.67. The van der Waals surface area contributed by atoms with Gasteiger partial charge in [-0.1, -0.05) is 13.8 Å². The Bertz CT molecular complexity index is 501. The molecule has 0 unspecified atom stereocenters. The SMILES string of the molecule is CC(C)CCCNS(=O)(=O)c1cc(F)ccc1N. The van der Waals surface area contributed by atoms with Crippen LogP contribution in [0.5, 0.6) is 0 Å². The minimum atomic E-state index is -3.73. The highest BCUT2D eigenvalue weighted by atomic mass is 32.2. The molecule has 0 aliphatic heterocycles. The Morgan fingerprint density at radius 3 is 2.67 bits per heavy atom. The van der Waals surface area contributed by atoms with Crippen molar-refractivity contribution in [2.24, 2.45) is 5.92 Å². The molecule has 0 atom stereocenters. The first-order chi connectivity index (χ1) is 8.33. The van der Waals surface area contributed by atoms with Gasteiger partial charge in [-0.15, -0.1) is 0 Å². The van der Waals surface area contributed by atoms with E-state index in [4.69, 9.17) is 5.73 Å².